The number of Topliss-reactive ketones (excluding diaryl/α,β-unsaturated/α-hetero) is 2. The zero-order valence-corrected chi connectivity index (χ0v) is 23.4. The number of hydrogen-bond acceptors (Lipinski definition) is 11. The molecule has 0 saturated heterocycles. The number of aliphatic hydroxyl groups is 3. The molecule has 5 rings (SSSR count). The number of ether oxygens (including phenoxy) is 1. The van der Waals surface area contributed by atoms with E-state index in [9.17, 15) is 44.4 Å². The standard InChI is InChI=1S/C30H29N3O10/c1-33(2)22-17-11-13-10-16-15(12-4-6-14(7-5-12)32-28(40)29(41)43-3)8-9-18(34)20(16)23(35)19(13)25(37)30(17,42)26(38)21(24(22)36)27(31)39/h4-9,13,17,22,34-35,38,42H,10-11H2,1-3H3,(H2,31,39)(H,32,40)/t13-,17-,22-,30+/m1/s1. The Morgan fingerprint density at radius 3 is 2.28 bits per heavy atom. The number of esters is 1. The molecule has 1 fully saturated rings. The summed E-state index contributed by atoms with van der Waals surface area (Å²) < 4.78 is 4.40. The number of amides is 2. The highest BCUT2D eigenvalue weighted by Crippen LogP contribution is 2.53. The van der Waals surface area contributed by atoms with E-state index in [2.05, 4.69) is 10.1 Å². The maximum absolute atomic E-state index is 14.0. The van der Waals surface area contributed by atoms with E-state index in [1.165, 1.54) is 25.1 Å². The molecule has 1 saturated carbocycles. The van der Waals surface area contributed by atoms with Crippen molar-refractivity contribution in [2.45, 2.75) is 24.5 Å². The monoisotopic (exact) mass is 591 g/mol. The number of rotatable bonds is 4. The van der Waals surface area contributed by atoms with Crippen LogP contribution in [0.3, 0.4) is 0 Å². The van der Waals surface area contributed by atoms with Crippen LogP contribution in [0.5, 0.6) is 5.75 Å². The van der Waals surface area contributed by atoms with Crippen LogP contribution >= 0.6 is 0 Å². The fraction of sp³-hybridized carbons (Fsp3) is 0.300. The van der Waals surface area contributed by atoms with Crippen LogP contribution < -0.4 is 11.1 Å². The normalized spacial score (nSPS) is 24.7. The Morgan fingerprint density at radius 2 is 1.70 bits per heavy atom. The number of carbonyl (C=O) groups is 5. The summed E-state index contributed by atoms with van der Waals surface area (Å²) in [7, 11) is 4.14. The van der Waals surface area contributed by atoms with Crippen LogP contribution in [0.1, 0.15) is 17.5 Å². The van der Waals surface area contributed by atoms with Gasteiger partial charge in [-0.2, -0.15) is 0 Å². The van der Waals surface area contributed by atoms with Crippen LogP contribution in [0.2, 0.25) is 0 Å². The van der Waals surface area contributed by atoms with Gasteiger partial charge in [-0.05, 0) is 67.7 Å². The smallest absolute Gasteiger partial charge is 0.396 e. The number of ketones is 2. The molecule has 43 heavy (non-hydrogen) atoms. The van der Waals surface area contributed by atoms with Gasteiger partial charge in [0, 0.05) is 17.2 Å². The lowest BCUT2D eigenvalue weighted by Gasteiger charge is -2.50. The lowest BCUT2D eigenvalue weighted by atomic mass is 9.57. The van der Waals surface area contributed by atoms with Gasteiger partial charge in [-0.3, -0.25) is 24.1 Å². The van der Waals surface area contributed by atoms with Crippen LogP contribution in [0, 0.1) is 11.8 Å². The number of likely N-dealkylation sites (N-methyl/N-ethyl adjacent to an activating group) is 1. The van der Waals surface area contributed by atoms with E-state index in [-0.39, 0.29) is 29.7 Å². The zero-order valence-electron chi connectivity index (χ0n) is 23.4. The maximum atomic E-state index is 14.0. The Balaban J connectivity index is 1.62. The van der Waals surface area contributed by atoms with Crippen LogP contribution in [0.25, 0.3) is 16.9 Å². The molecule has 13 nitrogen and oxygen atoms in total. The number of nitrogens with one attached hydrogen (secondary N) is 1. The predicted molar refractivity (Wildman–Crippen MR) is 150 cm³/mol. The first-order chi connectivity index (χ1) is 20.2. The molecule has 0 unspecified atom stereocenters. The van der Waals surface area contributed by atoms with Crippen LogP contribution in [-0.4, -0.2) is 87.5 Å². The van der Waals surface area contributed by atoms with Gasteiger partial charge in [0.25, 0.3) is 5.91 Å². The van der Waals surface area contributed by atoms with E-state index in [4.69, 9.17) is 5.73 Å². The summed E-state index contributed by atoms with van der Waals surface area (Å²) >= 11 is 0. The number of methoxy groups -OCH3 is 1. The third-order valence-corrected chi connectivity index (χ3v) is 8.43. The van der Waals surface area contributed by atoms with Gasteiger partial charge < -0.3 is 36.2 Å². The number of phenolic OH excluding ortho intramolecular Hbond substituents is 1. The van der Waals surface area contributed by atoms with Gasteiger partial charge in [-0.15, -0.1) is 0 Å². The number of aromatic hydroxyl groups is 1. The lowest BCUT2D eigenvalue weighted by molar-refractivity contribution is -0.153. The van der Waals surface area contributed by atoms with Gasteiger partial charge in [-0.25, -0.2) is 4.79 Å². The number of nitrogens with two attached hydrogens (primary N) is 1. The fourth-order valence-corrected chi connectivity index (χ4v) is 6.52. The highest BCUT2D eigenvalue weighted by molar-refractivity contribution is 6.37. The third-order valence-electron chi connectivity index (χ3n) is 8.43. The molecule has 0 bridgehead atoms. The van der Waals surface area contributed by atoms with Gasteiger partial charge in [0.05, 0.1) is 18.7 Å². The molecule has 224 valence electrons. The predicted octanol–water partition coefficient (Wildman–Crippen LogP) is 0.743. The average Bonchev–Trinajstić information content (AvgIpc) is 2.94. The largest absolute Gasteiger partial charge is 0.508 e. The summed E-state index contributed by atoms with van der Waals surface area (Å²) in [5.41, 5.74) is 3.46. The number of anilines is 1. The lowest BCUT2D eigenvalue weighted by Crippen LogP contribution is -2.65. The molecule has 2 amide bonds. The van der Waals surface area contributed by atoms with E-state index < -0.39 is 69.9 Å². The van der Waals surface area contributed by atoms with E-state index in [1.54, 1.807) is 30.3 Å². The van der Waals surface area contributed by atoms with Crippen molar-refractivity contribution in [3.63, 3.8) is 0 Å². The molecule has 0 spiro atoms. The first kappa shape index (κ1) is 29.5. The Bertz CT molecular complexity index is 1670. The second kappa shape index (κ2) is 10.4. The summed E-state index contributed by atoms with van der Waals surface area (Å²) in [6, 6.07) is 8.15. The molecule has 2 aromatic carbocycles. The fourth-order valence-electron chi connectivity index (χ4n) is 6.52. The topological polar surface area (TPSA) is 217 Å². The molecule has 2 aromatic rings. The molecular weight excluding hydrogens is 562 g/mol. The minimum absolute atomic E-state index is 0.0423. The minimum Gasteiger partial charge on any atom is -0.508 e. The van der Waals surface area contributed by atoms with Crippen molar-refractivity contribution in [2.24, 2.45) is 17.6 Å². The number of benzene rings is 2. The van der Waals surface area contributed by atoms with Gasteiger partial charge in [0.1, 0.15) is 22.8 Å². The molecule has 13 heteroatoms. The first-order valence-corrected chi connectivity index (χ1v) is 13.2. The number of carbonyl (C=O) groups excluding carboxylic acids is 5. The third kappa shape index (κ3) is 4.35. The van der Waals surface area contributed by atoms with Crippen molar-refractivity contribution in [1.29, 1.82) is 0 Å². The van der Waals surface area contributed by atoms with Crippen molar-refractivity contribution >= 4 is 40.8 Å². The van der Waals surface area contributed by atoms with Crippen molar-refractivity contribution < 1.29 is 49.1 Å². The zero-order chi connectivity index (χ0) is 31.5. The number of primary amides is 1. The molecule has 0 radical (unpaired) electrons. The molecule has 0 aliphatic heterocycles. The number of nitrogens with zero attached hydrogens (tertiary/aromatic N) is 1. The van der Waals surface area contributed by atoms with Crippen LogP contribution in [-0.2, 0) is 35.1 Å². The Hall–Kier alpha value is -5.01. The molecule has 3 aliphatic carbocycles. The molecule has 0 aromatic heterocycles. The summed E-state index contributed by atoms with van der Waals surface area (Å²) in [5.74, 6) is -9.26. The van der Waals surface area contributed by atoms with E-state index >= 15 is 0 Å². The van der Waals surface area contributed by atoms with Crippen LogP contribution in [0.15, 0.2) is 53.3 Å². The quantitative estimate of drug-likeness (QED) is 0.166. The van der Waals surface area contributed by atoms with Gasteiger partial charge in [0.2, 0.25) is 5.78 Å². The summed E-state index contributed by atoms with van der Waals surface area (Å²) in [6.45, 7) is 0. The average molecular weight is 592 g/mol. The van der Waals surface area contributed by atoms with Gasteiger partial charge >= 0.3 is 11.9 Å². The van der Waals surface area contributed by atoms with E-state index in [0.29, 0.717) is 22.4 Å². The highest BCUT2D eigenvalue weighted by atomic mass is 16.5. The molecular formula is C30H29N3O10. The second-order valence-corrected chi connectivity index (χ2v) is 11.0. The number of hydrogen-bond donors (Lipinski definition) is 6. The Labute approximate surface area is 244 Å². The maximum Gasteiger partial charge on any atom is 0.396 e. The Morgan fingerprint density at radius 1 is 1.05 bits per heavy atom. The SMILES string of the molecule is COC(=O)C(=O)Nc1ccc(-c2ccc(O)c3c2C[C@@H]2C[C@@H]4[C@@H](N(C)C)C(=O)C(C(N)=O)=C(O)[C@@]4(O)C(=O)C2=C3O)cc1. The second-order valence-electron chi connectivity index (χ2n) is 11.0. The van der Waals surface area contributed by atoms with Crippen molar-refractivity contribution in [1.82, 2.24) is 4.90 Å². The molecule has 7 N–H and O–H groups in total. The molecule has 0 heterocycles. The highest BCUT2D eigenvalue weighted by Gasteiger charge is 2.64. The van der Waals surface area contributed by atoms with Gasteiger partial charge in [-0.1, -0.05) is 18.2 Å². The van der Waals surface area contributed by atoms with Crippen molar-refractivity contribution in [3.05, 3.63) is 64.4 Å². The summed E-state index contributed by atoms with van der Waals surface area (Å²) in [6.07, 6.45) is 0.0679. The number of fused-ring (bicyclic) bond motifs is 3. The summed E-state index contributed by atoms with van der Waals surface area (Å²) in [4.78, 5) is 64.0. The Kier molecular flexibility index (Phi) is 7.11. The van der Waals surface area contributed by atoms with Crippen molar-refractivity contribution in [3.8, 4) is 16.9 Å². The summed E-state index contributed by atoms with van der Waals surface area (Å²) in [5, 5.41) is 47.3. The molecule has 3 aliphatic rings. The van der Waals surface area contributed by atoms with Crippen molar-refractivity contribution in [2.75, 3.05) is 26.5 Å². The van der Waals surface area contributed by atoms with Gasteiger partial charge in [0.15, 0.2) is 11.4 Å². The van der Waals surface area contributed by atoms with E-state index in [0.717, 1.165) is 7.11 Å². The first-order valence-electron chi connectivity index (χ1n) is 13.2. The number of phenols is 1. The number of aliphatic hydroxyl groups excluding tert-OH is 2. The van der Waals surface area contributed by atoms with E-state index in [1.807, 2.05) is 0 Å². The molecule has 4 atom stereocenters. The van der Waals surface area contributed by atoms with Crippen LogP contribution in [0.4, 0.5) is 5.69 Å². The minimum atomic E-state index is -2.72.